The molecule has 1 heterocycles. The summed E-state index contributed by atoms with van der Waals surface area (Å²) in [6.45, 7) is 11.6. The van der Waals surface area contributed by atoms with E-state index in [-0.39, 0.29) is 11.6 Å². The molecule has 0 aromatic heterocycles. The van der Waals surface area contributed by atoms with E-state index >= 15 is 0 Å². The molecule has 21 heavy (non-hydrogen) atoms. The van der Waals surface area contributed by atoms with Gasteiger partial charge in [-0.05, 0) is 58.6 Å². The summed E-state index contributed by atoms with van der Waals surface area (Å²) in [6.07, 6.45) is 4.12. The molecule has 0 atom stereocenters. The number of esters is 1. The van der Waals surface area contributed by atoms with E-state index < -0.39 is 0 Å². The first-order valence-electron chi connectivity index (χ1n) is 7.80. The maximum absolute atomic E-state index is 10.2. The molecule has 0 amide bonds. The SMILES string of the molecule is CC(=O)OC(C)(C)C.Cc1ccccc1N1CCCCC1. The van der Waals surface area contributed by atoms with E-state index in [9.17, 15) is 4.79 Å². The molecule has 1 aromatic carbocycles. The van der Waals surface area contributed by atoms with Crippen LogP contribution in [0.25, 0.3) is 0 Å². The predicted octanol–water partition coefficient (Wildman–Crippen LogP) is 4.33. The number of anilines is 1. The molecule has 1 fully saturated rings. The molecule has 3 nitrogen and oxygen atoms in total. The zero-order valence-corrected chi connectivity index (χ0v) is 14.1. The molecule has 2 rings (SSSR count). The fourth-order valence-corrected chi connectivity index (χ4v) is 2.48. The van der Waals surface area contributed by atoms with Crippen molar-refractivity contribution in [3.8, 4) is 0 Å². The Balaban J connectivity index is 0.000000240. The van der Waals surface area contributed by atoms with Crippen LogP contribution in [-0.4, -0.2) is 24.7 Å². The molecule has 1 saturated heterocycles. The Kier molecular flexibility index (Phi) is 6.73. The van der Waals surface area contributed by atoms with Crippen LogP contribution < -0.4 is 4.90 Å². The molecule has 0 radical (unpaired) electrons. The van der Waals surface area contributed by atoms with Crippen LogP contribution in [0.2, 0.25) is 0 Å². The number of carbonyl (C=O) groups excluding carboxylic acids is 1. The Bertz CT molecular complexity index is 443. The lowest BCUT2D eigenvalue weighted by Crippen LogP contribution is -2.29. The topological polar surface area (TPSA) is 29.5 Å². The number of hydrogen-bond donors (Lipinski definition) is 0. The predicted molar refractivity (Wildman–Crippen MR) is 88.8 cm³/mol. The molecule has 1 aromatic rings. The van der Waals surface area contributed by atoms with Gasteiger partial charge in [-0.2, -0.15) is 0 Å². The first-order chi connectivity index (χ1) is 9.79. The molecule has 0 bridgehead atoms. The summed E-state index contributed by atoms with van der Waals surface area (Å²) in [6, 6.07) is 8.68. The van der Waals surface area contributed by atoms with Crippen LogP contribution in [0.3, 0.4) is 0 Å². The van der Waals surface area contributed by atoms with Crippen LogP contribution in [0, 0.1) is 6.92 Å². The Morgan fingerprint density at radius 1 is 1.10 bits per heavy atom. The van der Waals surface area contributed by atoms with Gasteiger partial charge >= 0.3 is 5.97 Å². The fraction of sp³-hybridized carbons (Fsp3) is 0.611. The highest BCUT2D eigenvalue weighted by Crippen LogP contribution is 2.22. The summed E-state index contributed by atoms with van der Waals surface area (Å²) < 4.78 is 4.80. The minimum Gasteiger partial charge on any atom is -0.460 e. The first kappa shape index (κ1) is 17.5. The zero-order chi connectivity index (χ0) is 15.9. The van der Waals surface area contributed by atoms with E-state index in [0.29, 0.717) is 0 Å². The van der Waals surface area contributed by atoms with Crippen molar-refractivity contribution in [1.82, 2.24) is 0 Å². The zero-order valence-electron chi connectivity index (χ0n) is 14.1. The van der Waals surface area contributed by atoms with Gasteiger partial charge in [0.2, 0.25) is 0 Å². The molecular formula is C18H29NO2. The van der Waals surface area contributed by atoms with Crippen molar-refractivity contribution >= 4 is 11.7 Å². The van der Waals surface area contributed by atoms with Gasteiger partial charge in [0, 0.05) is 25.7 Å². The summed E-state index contributed by atoms with van der Waals surface area (Å²) in [7, 11) is 0. The highest BCUT2D eigenvalue weighted by atomic mass is 16.6. The third kappa shape index (κ3) is 7.16. The molecular weight excluding hydrogens is 262 g/mol. The second-order valence-electron chi connectivity index (χ2n) is 6.54. The molecule has 1 aliphatic heterocycles. The summed E-state index contributed by atoms with van der Waals surface area (Å²) >= 11 is 0. The monoisotopic (exact) mass is 291 g/mol. The largest absolute Gasteiger partial charge is 0.460 e. The van der Waals surface area contributed by atoms with Gasteiger partial charge in [0.25, 0.3) is 0 Å². The average Bonchev–Trinajstić information content (AvgIpc) is 2.38. The highest BCUT2D eigenvalue weighted by molar-refractivity contribution is 5.66. The van der Waals surface area contributed by atoms with Crippen LogP contribution in [0.1, 0.15) is 52.5 Å². The number of rotatable bonds is 1. The van der Waals surface area contributed by atoms with Crippen molar-refractivity contribution in [2.45, 2.75) is 59.5 Å². The van der Waals surface area contributed by atoms with E-state index in [0.717, 1.165) is 0 Å². The number of hydrogen-bond acceptors (Lipinski definition) is 3. The Hall–Kier alpha value is -1.51. The number of benzene rings is 1. The highest BCUT2D eigenvalue weighted by Gasteiger charge is 2.12. The molecule has 0 N–H and O–H groups in total. The van der Waals surface area contributed by atoms with Crippen molar-refractivity contribution < 1.29 is 9.53 Å². The molecule has 0 unspecified atom stereocenters. The second-order valence-corrected chi connectivity index (χ2v) is 6.54. The lowest BCUT2D eigenvalue weighted by atomic mass is 10.1. The van der Waals surface area contributed by atoms with Gasteiger partial charge in [0.1, 0.15) is 5.60 Å². The van der Waals surface area contributed by atoms with E-state index in [1.807, 2.05) is 20.8 Å². The molecule has 0 spiro atoms. The van der Waals surface area contributed by atoms with Gasteiger partial charge in [0.15, 0.2) is 0 Å². The smallest absolute Gasteiger partial charge is 0.303 e. The normalized spacial score (nSPS) is 15.0. The number of nitrogens with zero attached hydrogens (tertiary/aromatic N) is 1. The Morgan fingerprint density at radius 2 is 1.67 bits per heavy atom. The van der Waals surface area contributed by atoms with Gasteiger partial charge in [-0.25, -0.2) is 0 Å². The first-order valence-corrected chi connectivity index (χ1v) is 7.80. The van der Waals surface area contributed by atoms with Gasteiger partial charge in [-0.3, -0.25) is 4.79 Å². The third-order valence-electron chi connectivity index (χ3n) is 3.26. The molecule has 1 aliphatic rings. The lowest BCUT2D eigenvalue weighted by Gasteiger charge is -2.30. The standard InChI is InChI=1S/C12H17N.C6H12O2/c1-11-7-3-4-8-12(11)13-9-5-2-6-10-13;1-5(7)8-6(2,3)4/h3-4,7-8H,2,5-6,9-10H2,1H3;1-4H3. The second kappa shape index (κ2) is 8.06. The average molecular weight is 291 g/mol. The third-order valence-corrected chi connectivity index (χ3v) is 3.26. The van der Waals surface area contributed by atoms with E-state index in [1.165, 1.54) is 50.5 Å². The number of piperidine rings is 1. The van der Waals surface area contributed by atoms with Crippen LogP contribution in [0.5, 0.6) is 0 Å². The van der Waals surface area contributed by atoms with Gasteiger partial charge in [-0.1, -0.05) is 18.2 Å². The molecule has 0 saturated carbocycles. The van der Waals surface area contributed by atoms with Crippen molar-refractivity contribution in [3.63, 3.8) is 0 Å². The number of ether oxygens (including phenoxy) is 1. The van der Waals surface area contributed by atoms with Gasteiger partial charge in [-0.15, -0.1) is 0 Å². The van der Waals surface area contributed by atoms with Gasteiger partial charge < -0.3 is 9.64 Å². The van der Waals surface area contributed by atoms with Crippen molar-refractivity contribution in [1.29, 1.82) is 0 Å². The van der Waals surface area contributed by atoms with Crippen LogP contribution in [0.4, 0.5) is 5.69 Å². The fourth-order valence-electron chi connectivity index (χ4n) is 2.48. The van der Waals surface area contributed by atoms with Crippen LogP contribution in [-0.2, 0) is 9.53 Å². The lowest BCUT2D eigenvalue weighted by molar-refractivity contribution is -0.151. The number of carbonyl (C=O) groups is 1. The quantitative estimate of drug-likeness (QED) is 0.721. The Morgan fingerprint density at radius 3 is 2.10 bits per heavy atom. The van der Waals surface area contributed by atoms with Crippen molar-refractivity contribution in [2.24, 2.45) is 0 Å². The van der Waals surface area contributed by atoms with Crippen LogP contribution in [0.15, 0.2) is 24.3 Å². The van der Waals surface area contributed by atoms with E-state index in [1.54, 1.807) is 0 Å². The minimum absolute atomic E-state index is 0.225. The Labute approximate surface area is 129 Å². The summed E-state index contributed by atoms with van der Waals surface area (Å²) in [4.78, 5) is 12.7. The van der Waals surface area contributed by atoms with Gasteiger partial charge in [0.05, 0.1) is 0 Å². The van der Waals surface area contributed by atoms with Crippen molar-refractivity contribution in [2.75, 3.05) is 18.0 Å². The minimum atomic E-state index is -0.328. The maximum atomic E-state index is 10.2. The molecule has 0 aliphatic carbocycles. The maximum Gasteiger partial charge on any atom is 0.303 e. The van der Waals surface area contributed by atoms with E-state index in [4.69, 9.17) is 4.74 Å². The summed E-state index contributed by atoms with van der Waals surface area (Å²) in [5, 5.41) is 0. The number of aryl methyl sites for hydroxylation is 1. The molecule has 3 heteroatoms. The number of para-hydroxylation sites is 1. The van der Waals surface area contributed by atoms with Crippen LogP contribution >= 0.6 is 0 Å². The summed E-state index contributed by atoms with van der Waals surface area (Å²) in [5.41, 5.74) is 2.51. The summed E-state index contributed by atoms with van der Waals surface area (Å²) in [5.74, 6) is -0.225. The van der Waals surface area contributed by atoms with E-state index in [2.05, 4.69) is 36.1 Å². The van der Waals surface area contributed by atoms with Crippen molar-refractivity contribution in [3.05, 3.63) is 29.8 Å². The molecule has 118 valence electrons.